The fourth-order valence-corrected chi connectivity index (χ4v) is 3.43. The number of nitrogens with zero attached hydrogens (tertiary/aromatic N) is 4. The summed E-state index contributed by atoms with van der Waals surface area (Å²) >= 11 is 0. The first-order valence-corrected chi connectivity index (χ1v) is 8.56. The molecular formula is C18H22N4O. The molecule has 1 unspecified atom stereocenters. The fourth-order valence-electron chi connectivity index (χ4n) is 3.43. The van der Waals surface area contributed by atoms with Crippen molar-refractivity contribution in [2.45, 2.75) is 44.7 Å². The van der Waals surface area contributed by atoms with Crippen molar-refractivity contribution in [2.75, 3.05) is 6.54 Å². The molecule has 1 aromatic heterocycles. The molecule has 1 atom stereocenters. The second-order valence-corrected chi connectivity index (χ2v) is 6.66. The second kappa shape index (κ2) is 6.14. The van der Waals surface area contributed by atoms with Gasteiger partial charge in [0.15, 0.2) is 5.82 Å². The first kappa shape index (κ1) is 14.4. The minimum atomic E-state index is 0.0534. The molecule has 0 spiro atoms. The lowest BCUT2D eigenvalue weighted by Crippen LogP contribution is -2.39. The van der Waals surface area contributed by atoms with Crippen molar-refractivity contribution in [3.8, 4) is 0 Å². The summed E-state index contributed by atoms with van der Waals surface area (Å²) in [6.07, 6.45) is 7.60. The van der Waals surface area contributed by atoms with Crippen molar-refractivity contribution in [3.05, 3.63) is 48.0 Å². The van der Waals surface area contributed by atoms with Gasteiger partial charge in [-0.1, -0.05) is 18.2 Å². The van der Waals surface area contributed by atoms with Gasteiger partial charge in [-0.3, -0.25) is 4.79 Å². The predicted molar refractivity (Wildman–Crippen MR) is 86.8 cm³/mol. The highest BCUT2D eigenvalue weighted by Crippen LogP contribution is 2.34. The zero-order valence-corrected chi connectivity index (χ0v) is 13.3. The molecule has 1 aliphatic heterocycles. The molecule has 1 aliphatic carbocycles. The monoisotopic (exact) mass is 310 g/mol. The van der Waals surface area contributed by atoms with E-state index in [1.165, 1.54) is 12.8 Å². The van der Waals surface area contributed by atoms with Gasteiger partial charge in [0, 0.05) is 18.7 Å². The molecule has 2 aromatic rings. The largest absolute Gasteiger partial charge is 0.328 e. The van der Waals surface area contributed by atoms with Crippen LogP contribution in [-0.2, 0) is 6.54 Å². The molecule has 0 radical (unpaired) electrons. The number of piperidine rings is 1. The molecule has 23 heavy (non-hydrogen) atoms. The number of hydrogen-bond donors (Lipinski definition) is 0. The van der Waals surface area contributed by atoms with Gasteiger partial charge in [-0.2, -0.15) is 0 Å². The summed E-state index contributed by atoms with van der Waals surface area (Å²) in [5.74, 6) is 1.84. The van der Waals surface area contributed by atoms with Gasteiger partial charge in [-0.05, 0) is 50.2 Å². The Bertz CT molecular complexity index is 677. The average molecular weight is 310 g/mol. The molecule has 1 amide bonds. The fraction of sp³-hybridized carbons (Fsp3) is 0.500. The zero-order chi connectivity index (χ0) is 15.6. The van der Waals surface area contributed by atoms with Gasteiger partial charge in [0.1, 0.15) is 6.33 Å². The van der Waals surface area contributed by atoms with Gasteiger partial charge in [-0.25, -0.2) is 0 Å². The van der Waals surface area contributed by atoms with Crippen LogP contribution in [0.25, 0.3) is 0 Å². The highest BCUT2D eigenvalue weighted by Gasteiger charge is 2.33. The minimum absolute atomic E-state index is 0.0534. The third-order valence-corrected chi connectivity index (χ3v) is 4.88. The van der Waals surface area contributed by atoms with Crippen LogP contribution in [0, 0.1) is 5.92 Å². The summed E-state index contributed by atoms with van der Waals surface area (Å²) in [4.78, 5) is 14.9. The van der Waals surface area contributed by atoms with Gasteiger partial charge in [-0.15, -0.1) is 10.2 Å². The van der Waals surface area contributed by atoms with Crippen molar-refractivity contribution in [2.24, 2.45) is 5.92 Å². The maximum Gasteiger partial charge on any atom is 0.254 e. The number of carbonyl (C=O) groups is 1. The maximum absolute atomic E-state index is 12.9. The summed E-state index contributed by atoms with van der Waals surface area (Å²) in [5, 5.41) is 8.49. The van der Waals surface area contributed by atoms with E-state index in [0.29, 0.717) is 0 Å². The first-order valence-electron chi connectivity index (χ1n) is 8.56. The van der Waals surface area contributed by atoms with Crippen LogP contribution < -0.4 is 0 Å². The Morgan fingerprint density at radius 1 is 1.13 bits per heavy atom. The molecule has 2 aliphatic rings. The van der Waals surface area contributed by atoms with Crippen LogP contribution in [0.15, 0.2) is 36.7 Å². The molecule has 5 nitrogen and oxygen atoms in total. The van der Waals surface area contributed by atoms with Crippen molar-refractivity contribution >= 4 is 5.91 Å². The molecule has 0 N–H and O–H groups in total. The third-order valence-electron chi connectivity index (χ3n) is 4.88. The van der Waals surface area contributed by atoms with E-state index < -0.39 is 0 Å². The number of carbonyl (C=O) groups excluding carboxylic acids is 1. The van der Waals surface area contributed by atoms with Crippen LogP contribution in [0.5, 0.6) is 0 Å². The topological polar surface area (TPSA) is 51.0 Å². The molecule has 5 heteroatoms. The van der Waals surface area contributed by atoms with Crippen LogP contribution in [-0.4, -0.2) is 32.1 Å². The first-order chi connectivity index (χ1) is 11.3. The van der Waals surface area contributed by atoms with Crippen molar-refractivity contribution in [1.82, 2.24) is 19.7 Å². The van der Waals surface area contributed by atoms with E-state index in [1.54, 1.807) is 0 Å². The lowest BCUT2D eigenvalue weighted by atomic mass is 10.00. The van der Waals surface area contributed by atoms with Crippen LogP contribution in [0.2, 0.25) is 0 Å². The number of aromatic nitrogens is 3. The summed E-state index contributed by atoms with van der Waals surface area (Å²) in [7, 11) is 0. The predicted octanol–water partition coefficient (Wildman–Crippen LogP) is 3.06. The summed E-state index contributed by atoms with van der Waals surface area (Å²) in [6, 6.07) is 9.62. The lowest BCUT2D eigenvalue weighted by molar-refractivity contribution is 0.0594. The summed E-state index contributed by atoms with van der Waals surface area (Å²) < 4.78 is 2.17. The van der Waals surface area contributed by atoms with E-state index in [1.807, 2.05) is 41.6 Å². The van der Waals surface area contributed by atoms with E-state index in [4.69, 9.17) is 0 Å². The van der Waals surface area contributed by atoms with Gasteiger partial charge >= 0.3 is 0 Å². The third kappa shape index (κ3) is 3.00. The van der Waals surface area contributed by atoms with Crippen molar-refractivity contribution in [1.29, 1.82) is 0 Å². The standard InChI is InChI=1S/C18H22N4O/c23-18(15-6-2-1-3-7-15)22-11-5-4-8-16(22)17-20-19-13-21(17)12-14-9-10-14/h1-3,6-7,13-14,16H,4-5,8-12H2. The second-order valence-electron chi connectivity index (χ2n) is 6.66. The quantitative estimate of drug-likeness (QED) is 0.872. The van der Waals surface area contributed by atoms with E-state index in [0.717, 1.165) is 49.7 Å². The van der Waals surface area contributed by atoms with E-state index in [-0.39, 0.29) is 11.9 Å². The van der Waals surface area contributed by atoms with Crippen LogP contribution >= 0.6 is 0 Å². The Balaban J connectivity index is 1.60. The Morgan fingerprint density at radius 3 is 2.74 bits per heavy atom. The number of amides is 1. The van der Waals surface area contributed by atoms with Gasteiger partial charge in [0.25, 0.3) is 5.91 Å². The van der Waals surface area contributed by atoms with E-state index >= 15 is 0 Å². The molecule has 1 aromatic carbocycles. The van der Waals surface area contributed by atoms with E-state index in [2.05, 4.69) is 14.8 Å². The molecule has 120 valence electrons. The Hall–Kier alpha value is -2.17. The molecule has 1 saturated carbocycles. The molecule has 0 bridgehead atoms. The van der Waals surface area contributed by atoms with Gasteiger partial charge < -0.3 is 9.47 Å². The minimum Gasteiger partial charge on any atom is -0.328 e. The normalized spacial score (nSPS) is 21.4. The van der Waals surface area contributed by atoms with Crippen molar-refractivity contribution < 1.29 is 4.79 Å². The van der Waals surface area contributed by atoms with E-state index in [9.17, 15) is 4.79 Å². The van der Waals surface area contributed by atoms with Gasteiger partial charge in [0.05, 0.1) is 6.04 Å². The summed E-state index contributed by atoms with van der Waals surface area (Å²) in [5.41, 5.74) is 0.757. The van der Waals surface area contributed by atoms with Crippen LogP contribution in [0.3, 0.4) is 0 Å². The van der Waals surface area contributed by atoms with Crippen LogP contribution in [0.4, 0.5) is 0 Å². The maximum atomic E-state index is 12.9. The number of likely N-dealkylation sites (tertiary alicyclic amines) is 1. The lowest BCUT2D eigenvalue weighted by Gasteiger charge is -2.35. The van der Waals surface area contributed by atoms with Crippen LogP contribution in [0.1, 0.15) is 54.3 Å². The Labute approximate surface area is 136 Å². The highest BCUT2D eigenvalue weighted by molar-refractivity contribution is 5.94. The van der Waals surface area contributed by atoms with Crippen molar-refractivity contribution in [3.63, 3.8) is 0 Å². The summed E-state index contributed by atoms with van der Waals surface area (Å²) in [6.45, 7) is 1.79. The Morgan fingerprint density at radius 2 is 1.96 bits per heavy atom. The number of benzene rings is 1. The molecule has 2 heterocycles. The smallest absolute Gasteiger partial charge is 0.254 e. The molecular weight excluding hydrogens is 288 g/mol. The molecule has 2 fully saturated rings. The van der Waals surface area contributed by atoms with Gasteiger partial charge in [0.2, 0.25) is 0 Å². The number of rotatable bonds is 4. The SMILES string of the molecule is O=C(c1ccccc1)N1CCCCC1c1nncn1CC1CC1. The Kier molecular flexibility index (Phi) is 3.85. The zero-order valence-electron chi connectivity index (χ0n) is 13.3. The molecule has 1 saturated heterocycles. The number of hydrogen-bond acceptors (Lipinski definition) is 3. The average Bonchev–Trinajstić information content (AvgIpc) is 3.30. The molecule has 4 rings (SSSR count). The highest BCUT2D eigenvalue weighted by atomic mass is 16.2.